The zero-order valence-corrected chi connectivity index (χ0v) is 13.3. The van der Waals surface area contributed by atoms with Crippen molar-refractivity contribution >= 4 is 17.2 Å². The van der Waals surface area contributed by atoms with Crippen LogP contribution in [-0.2, 0) is 0 Å². The van der Waals surface area contributed by atoms with Crippen LogP contribution in [0.5, 0.6) is 0 Å². The van der Waals surface area contributed by atoms with Crippen molar-refractivity contribution in [1.29, 1.82) is 0 Å². The molecule has 124 valence electrons. The molecule has 0 bridgehead atoms. The molecule has 0 fully saturated rings. The molecule has 24 heavy (non-hydrogen) atoms. The Bertz CT molecular complexity index is 972. The molecule has 0 aliphatic carbocycles. The minimum atomic E-state index is -0.737. The molecule has 0 aliphatic rings. The number of aromatic nitrogens is 3. The first kappa shape index (κ1) is 15.7. The predicted octanol–water partition coefficient (Wildman–Crippen LogP) is 2.38. The van der Waals surface area contributed by atoms with Gasteiger partial charge in [-0.1, -0.05) is 11.2 Å². The van der Waals surface area contributed by atoms with E-state index >= 15 is 0 Å². The number of nitrogens with zero attached hydrogens (tertiary/aromatic N) is 4. The Morgan fingerprint density at radius 2 is 2.12 bits per heavy atom. The minimum absolute atomic E-state index is 0.0799. The van der Waals surface area contributed by atoms with E-state index in [0.717, 1.165) is 9.96 Å². The summed E-state index contributed by atoms with van der Waals surface area (Å²) in [5.41, 5.74) is 0.435. The Labute approximate surface area is 136 Å². The van der Waals surface area contributed by atoms with E-state index in [2.05, 4.69) is 15.5 Å². The molecule has 0 spiro atoms. The molecule has 3 heterocycles. The number of rotatable bonds is 4. The smallest absolute Gasteiger partial charge is 0.361 e. The van der Waals surface area contributed by atoms with Crippen LogP contribution in [0.2, 0.25) is 0 Å². The minimum Gasteiger partial charge on any atom is -0.361 e. The standard InChI is InChI=1S/C15H15N5O4/c1-8(12-9(2)18-24-10(12)3)16-14-13(20(22)23)15(21)19-7-5-4-6-11(19)17-14/h4-8,16H,1-3H3. The van der Waals surface area contributed by atoms with Gasteiger partial charge in [-0.15, -0.1) is 0 Å². The SMILES string of the molecule is Cc1noc(C)c1C(C)Nc1nc2ccccn2c(=O)c1[N+](=O)[O-]. The second-order valence-electron chi connectivity index (χ2n) is 5.40. The summed E-state index contributed by atoms with van der Waals surface area (Å²) in [5.74, 6) is 0.524. The fraction of sp³-hybridized carbons (Fsp3) is 0.267. The Morgan fingerprint density at radius 3 is 2.75 bits per heavy atom. The van der Waals surface area contributed by atoms with Crippen molar-refractivity contribution in [2.24, 2.45) is 0 Å². The van der Waals surface area contributed by atoms with Crippen LogP contribution in [0.25, 0.3) is 5.65 Å². The highest BCUT2D eigenvalue weighted by atomic mass is 16.6. The fourth-order valence-corrected chi connectivity index (χ4v) is 2.73. The summed E-state index contributed by atoms with van der Waals surface area (Å²) in [4.78, 5) is 27.3. The topological polar surface area (TPSA) is 116 Å². The van der Waals surface area contributed by atoms with Gasteiger partial charge < -0.3 is 9.84 Å². The van der Waals surface area contributed by atoms with Gasteiger partial charge in [0.25, 0.3) is 0 Å². The van der Waals surface area contributed by atoms with Crippen LogP contribution < -0.4 is 10.9 Å². The van der Waals surface area contributed by atoms with Crippen molar-refractivity contribution in [3.05, 3.63) is 61.9 Å². The van der Waals surface area contributed by atoms with Crippen LogP contribution in [0.15, 0.2) is 33.7 Å². The third kappa shape index (κ3) is 2.49. The lowest BCUT2D eigenvalue weighted by Gasteiger charge is -2.14. The van der Waals surface area contributed by atoms with Gasteiger partial charge in [-0.2, -0.15) is 0 Å². The first-order chi connectivity index (χ1) is 11.4. The second-order valence-corrected chi connectivity index (χ2v) is 5.40. The van der Waals surface area contributed by atoms with Crippen LogP contribution in [0, 0.1) is 24.0 Å². The quantitative estimate of drug-likeness (QED) is 0.577. The normalized spacial score (nSPS) is 12.3. The van der Waals surface area contributed by atoms with Crippen molar-refractivity contribution in [3.8, 4) is 0 Å². The maximum Gasteiger partial charge on any atom is 0.376 e. The molecule has 1 unspecified atom stereocenters. The lowest BCUT2D eigenvalue weighted by Crippen LogP contribution is -2.22. The highest BCUT2D eigenvalue weighted by Crippen LogP contribution is 2.27. The number of fused-ring (bicyclic) bond motifs is 1. The Morgan fingerprint density at radius 1 is 1.38 bits per heavy atom. The highest BCUT2D eigenvalue weighted by molar-refractivity contribution is 5.60. The van der Waals surface area contributed by atoms with Gasteiger partial charge in [-0.25, -0.2) is 4.98 Å². The molecule has 1 atom stereocenters. The molecule has 0 saturated heterocycles. The van der Waals surface area contributed by atoms with E-state index in [1.165, 1.54) is 6.20 Å². The number of hydrogen-bond donors (Lipinski definition) is 1. The molecule has 0 radical (unpaired) electrons. The van der Waals surface area contributed by atoms with E-state index in [9.17, 15) is 14.9 Å². The van der Waals surface area contributed by atoms with E-state index in [1.54, 1.807) is 39.0 Å². The molecule has 3 rings (SSSR count). The van der Waals surface area contributed by atoms with Crippen molar-refractivity contribution in [3.63, 3.8) is 0 Å². The molecule has 0 aromatic carbocycles. The van der Waals surface area contributed by atoms with Crippen molar-refractivity contribution in [2.45, 2.75) is 26.8 Å². The van der Waals surface area contributed by atoms with Crippen LogP contribution in [0.4, 0.5) is 11.5 Å². The molecule has 0 aliphatic heterocycles. The monoisotopic (exact) mass is 329 g/mol. The third-order valence-electron chi connectivity index (χ3n) is 3.77. The molecular formula is C15H15N5O4. The van der Waals surface area contributed by atoms with Gasteiger partial charge in [-0.05, 0) is 32.9 Å². The predicted molar refractivity (Wildman–Crippen MR) is 86.1 cm³/mol. The summed E-state index contributed by atoms with van der Waals surface area (Å²) in [7, 11) is 0. The number of hydrogen-bond acceptors (Lipinski definition) is 7. The van der Waals surface area contributed by atoms with Crippen LogP contribution in [0.1, 0.15) is 30.0 Å². The van der Waals surface area contributed by atoms with Crippen LogP contribution in [-0.4, -0.2) is 19.5 Å². The molecule has 9 nitrogen and oxygen atoms in total. The van der Waals surface area contributed by atoms with Crippen LogP contribution in [0.3, 0.4) is 0 Å². The molecule has 1 N–H and O–H groups in total. The van der Waals surface area contributed by atoms with E-state index in [-0.39, 0.29) is 11.9 Å². The van der Waals surface area contributed by atoms with E-state index < -0.39 is 16.2 Å². The van der Waals surface area contributed by atoms with Crippen LogP contribution >= 0.6 is 0 Å². The average molecular weight is 329 g/mol. The maximum absolute atomic E-state index is 12.4. The Hall–Kier alpha value is -3.23. The number of nitrogens with one attached hydrogen (secondary N) is 1. The van der Waals surface area contributed by atoms with E-state index in [0.29, 0.717) is 17.1 Å². The van der Waals surface area contributed by atoms with Gasteiger partial charge in [-0.3, -0.25) is 19.3 Å². The first-order valence-electron chi connectivity index (χ1n) is 7.25. The number of aryl methyl sites for hydroxylation is 2. The second kappa shape index (κ2) is 5.76. The molecule has 3 aromatic heterocycles. The summed E-state index contributed by atoms with van der Waals surface area (Å²) in [5, 5.41) is 18.2. The summed E-state index contributed by atoms with van der Waals surface area (Å²) in [6, 6.07) is 4.55. The maximum atomic E-state index is 12.4. The van der Waals surface area contributed by atoms with Gasteiger partial charge in [0, 0.05) is 11.8 Å². The summed E-state index contributed by atoms with van der Waals surface area (Å²) >= 11 is 0. The lowest BCUT2D eigenvalue weighted by molar-refractivity contribution is -0.385. The summed E-state index contributed by atoms with van der Waals surface area (Å²) in [6.07, 6.45) is 1.44. The van der Waals surface area contributed by atoms with Crippen molar-refractivity contribution in [2.75, 3.05) is 5.32 Å². The van der Waals surface area contributed by atoms with Gasteiger partial charge in [0.05, 0.1) is 16.7 Å². The molecule has 9 heteroatoms. The lowest BCUT2D eigenvalue weighted by atomic mass is 10.1. The number of anilines is 1. The molecule has 3 aromatic rings. The van der Waals surface area contributed by atoms with Crippen molar-refractivity contribution in [1.82, 2.24) is 14.5 Å². The summed E-state index contributed by atoms with van der Waals surface area (Å²) < 4.78 is 6.26. The zero-order chi connectivity index (χ0) is 17.4. The van der Waals surface area contributed by atoms with Gasteiger partial charge in [0.1, 0.15) is 11.4 Å². The highest BCUT2D eigenvalue weighted by Gasteiger charge is 2.26. The largest absolute Gasteiger partial charge is 0.376 e. The van der Waals surface area contributed by atoms with E-state index in [4.69, 9.17) is 4.52 Å². The van der Waals surface area contributed by atoms with E-state index in [1.807, 2.05) is 0 Å². The van der Waals surface area contributed by atoms with Gasteiger partial charge >= 0.3 is 11.2 Å². The average Bonchev–Trinajstić information content (AvgIpc) is 2.86. The molecule has 0 amide bonds. The van der Waals surface area contributed by atoms with Gasteiger partial charge in [0.15, 0.2) is 0 Å². The Kier molecular flexibility index (Phi) is 3.76. The first-order valence-corrected chi connectivity index (χ1v) is 7.25. The third-order valence-corrected chi connectivity index (χ3v) is 3.77. The fourth-order valence-electron chi connectivity index (χ4n) is 2.73. The molecule has 0 saturated carbocycles. The van der Waals surface area contributed by atoms with Gasteiger partial charge in [0.2, 0.25) is 5.82 Å². The number of pyridine rings is 1. The Balaban J connectivity index is 2.13. The van der Waals surface area contributed by atoms with Crippen molar-refractivity contribution < 1.29 is 9.45 Å². The zero-order valence-electron chi connectivity index (χ0n) is 13.3. The number of nitro groups is 1. The summed E-state index contributed by atoms with van der Waals surface area (Å²) in [6.45, 7) is 5.33. The molecular weight excluding hydrogens is 314 g/mol.